The van der Waals surface area contributed by atoms with Crippen LogP contribution in [-0.4, -0.2) is 0 Å². The molecule has 5 unspecified atom stereocenters. The van der Waals surface area contributed by atoms with Crippen LogP contribution in [0.5, 0.6) is 11.5 Å². The van der Waals surface area contributed by atoms with Crippen LogP contribution in [0.25, 0.3) is 11.1 Å². The quantitative estimate of drug-likeness (QED) is 0.213. The second-order valence-electron chi connectivity index (χ2n) is 13.2. The van der Waals surface area contributed by atoms with Gasteiger partial charge in [-0.3, -0.25) is 5.32 Å². The number of hydrogen-bond donors (Lipinski definition) is 1. The first kappa shape index (κ1) is 27.5. The number of ether oxygens (including phenoxy) is 1. The first-order valence-corrected chi connectivity index (χ1v) is 16.9. The van der Waals surface area contributed by atoms with Crippen LogP contribution in [0.3, 0.4) is 0 Å². The number of allylic oxidation sites excluding steroid dienone is 4. The van der Waals surface area contributed by atoms with E-state index >= 15 is 0 Å². The number of hydrogen-bond acceptors (Lipinski definition) is 3. The summed E-state index contributed by atoms with van der Waals surface area (Å²) in [6.45, 7) is 0. The average molecular weight is 619 g/mol. The fourth-order valence-corrected chi connectivity index (χ4v) is 8.94. The number of para-hydroxylation sites is 2. The molecule has 1 spiro atoms. The van der Waals surface area contributed by atoms with Crippen LogP contribution in [0.1, 0.15) is 51.6 Å². The first-order chi connectivity index (χ1) is 23.8. The minimum atomic E-state index is -0.372. The van der Waals surface area contributed by atoms with Crippen LogP contribution in [0.15, 0.2) is 176 Å². The lowest BCUT2D eigenvalue weighted by Gasteiger charge is -2.52. The minimum Gasteiger partial charge on any atom is -0.457 e. The number of nitrogens with one attached hydrogen (secondary N) is 1. The lowest BCUT2D eigenvalue weighted by Crippen LogP contribution is -2.58. The molecule has 2 aliphatic heterocycles. The van der Waals surface area contributed by atoms with Crippen LogP contribution in [-0.2, 0) is 5.41 Å². The summed E-state index contributed by atoms with van der Waals surface area (Å²) in [5, 5.41) is 4.01. The number of anilines is 1. The fraction of sp³-hybridized carbons (Fsp3) is 0.111. The number of rotatable bonds is 4. The van der Waals surface area contributed by atoms with E-state index in [9.17, 15) is 0 Å². The fourth-order valence-electron chi connectivity index (χ4n) is 8.94. The van der Waals surface area contributed by atoms with Crippen molar-refractivity contribution >= 4 is 5.69 Å². The van der Waals surface area contributed by atoms with Crippen molar-refractivity contribution in [3.8, 4) is 22.6 Å². The summed E-state index contributed by atoms with van der Waals surface area (Å²) in [5.74, 6) is 2.42. The second kappa shape index (κ2) is 10.7. The Morgan fingerprint density at radius 2 is 1.21 bits per heavy atom. The van der Waals surface area contributed by atoms with Gasteiger partial charge in [0.1, 0.15) is 23.8 Å². The third-order valence-corrected chi connectivity index (χ3v) is 10.9. The van der Waals surface area contributed by atoms with Gasteiger partial charge >= 0.3 is 0 Å². The Labute approximate surface area is 281 Å². The van der Waals surface area contributed by atoms with Gasteiger partial charge in [0, 0.05) is 28.7 Å². The molecule has 3 nitrogen and oxygen atoms in total. The van der Waals surface area contributed by atoms with Gasteiger partial charge in [0.05, 0.1) is 5.41 Å². The highest BCUT2D eigenvalue weighted by Crippen LogP contribution is 2.64. The van der Waals surface area contributed by atoms with Gasteiger partial charge in [0.2, 0.25) is 0 Å². The van der Waals surface area contributed by atoms with Crippen molar-refractivity contribution in [1.29, 1.82) is 0 Å². The van der Waals surface area contributed by atoms with E-state index in [-0.39, 0.29) is 23.7 Å². The Morgan fingerprint density at radius 1 is 0.542 bits per heavy atom. The number of fused-ring (bicyclic) bond motifs is 9. The third-order valence-electron chi connectivity index (χ3n) is 10.9. The molecule has 2 heterocycles. The Hall–Kier alpha value is -5.64. The molecule has 1 saturated heterocycles. The van der Waals surface area contributed by atoms with Crippen LogP contribution in [0.2, 0.25) is 0 Å². The molecule has 10 rings (SSSR count). The highest BCUT2D eigenvalue weighted by Gasteiger charge is 2.57. The topological polar surface area (TPSA) is 24.5 Å². The van der Waals surface area contributed by atoms with E-state index in [2.05, 4.69) is 186 Å². The Balaban J connectivity index is 1.14. The van der Waals surface area contributed by atoms with Gasteiger partial charge < -0.3 is 9.64 Å². The van der Waals surface area contributed by atoms with Gasteiger partial charge in [-0.05, 0) is 63.7 Å². The molecule has 1 N–H and O–H groups in total. The lowest BCUT2D eigenvalue weighted by molar-refractivity contribution is 0.276. The maximum Gasteiger partial charge on any atom is 0.131 e. The maximum absolute atomic E-state index is 6.74. The third kappa shape index (κ3) is 3.85. The van der Waals surface area contributed by atoms with E-state index in [0.29, 0.717) is 5.92 Å². The number of nitrogens with zero attached hydrogens (tertiary/aromatic N) is 1. The molecule has 0 bridgehead atoms. The second-order valence-corrected chi connectivity index (χ2v) is 13.2. The smallest absolute Gasteiger partial charge is 0.131 e. The molecule has 48 heavy (non-hydrogen) atoms. The molecular formula is C45H34N2O. The molecule has 230 valence electrons. The monoisotopic (exact) mass is 618 g/mol. The van der Waals surface area contributed by atoms with Crippen molar-refractivity contribution in [2.75, 3.05) is 4.90 Å². The summed E-state index contributed by atoms with van der Waals surface area (Å²) in [7, 11) is 0. The molecule has 0 radical (unpaired) electrons. The molecule has 1 fully saturated rings. The molecular weight excluding hydrogens is 585 g/mol. The van der Waals surface area contributed by atoms with Crippen LogP contribution >= 0.6 is 0 Å². The highest BCUT2D eigenvalue weighted by atomic mass is 16.5. The summed E-state index contributed by atoms with van der Waals surface area (Å²) in [6, 6.07) is 54.9. The summed E-state index contributed by atoms with van der Waals surface area (Å²) in [5.41, 5.74) is 11.0. The van der Waals surface area contributed by atoms with Crippen LogP contribution in [0, 0.1) is 5.92 Å². The van der Waals surface area contributed by atoms with Crippen molar-refractivity contribution in [2.45, 2.75) is 23.7 Å². The van der Waals surface area contributed by atoms with Crippen molar-refractivity contribution in [3.63, 3.8) is 0 Å². The van der Waals surface area contributed by atoms with E-state index < -0.39 is 0 Å². The molecule has 4 aliphatic rings. The van der Waals surface area contributed by atoms with Gasteiger partial charge in [-0.2, -0.15) is 0 Å². The Kier molecular flexibility index (Phi) is 6.12. The van der Waals surface area contributed by atoms with E-state index in [4.69, 9.17) is 4.74 Å². The van der Waals surface area contributed by atoms with Gasteiger partial charge in [-0.15, -0.1) is 0 Å². The predicted octanol–water partition coefficient (Wildman–Crippen LogP) is 10.4. The zero-order valence-corrected chi connectivity index (χ0v) is 26.4. The van der Waals surface area contributed by atoms with Gasteiger partial charge in [-0.1, -0.05) is 146 Å². The summed E-state index contributed by atoms with van der Waals surface area (Å²) in [6.07, 6.45) is 9.25. The van der Waals surface area contributed by atoms with E-state index in [1.54, 1.807) is 0 Å². The minimum absolute atomic E-state index is 0.0128. The standard InChI is InChI=1S/C45H34N2O/c1-3-15-30(16-4-1)33-19-7-8-22-36(33)44-46-43(47(44)32-17-5-2-6-18-32)31-27-28-42-40(29-31)45(39-25-13-14-26-41(39)48-42)37-23-11-9-20-34(37)35-21-10-12-24-38(35)45/h1-29,34,37,43-44,46H. The molecule has 6 aromatic carbocycles. The van der Waals surface area contributed by atoms with Crippen molar-refractivity contribution in [2.24, 2.45) is 5.92 Å². The van der Waals surface area contributed by atoms with E-state index in [0.717, 1.165) is 11.5 Å². The van der Waals surface area contributed by atoms with Crippen molar-refractivity contribution in [3.05, 3.63) is 209 Å². The van der Waals surface area contributed by atoms with E-state index in [1.165, 1.54) is 50.2 Å². The van der Waals surface area contributed by atoms with Gasteiger partial charge in [-0.25, -0.2) is 0 Å². The molecule has 0 aromatic heterocycles. The summed E-state index contributed by atoms with van der Waals surface area (Å²) in [4.78, 5) is 2.53. The maximum atomic E-state index is 6.74. The SMILES string of the molecule is C1=CC2c3ccccc3C3(c4ccccc4Oc4ccc(C5NC(c6ccccc6-c6ccccc6)N5c5ccccc5)cc43)C2C=C1. The van der Waals surface area contributed by atoms with Gasteiger partial charge in [0.15, 0.2) is 0 Å². The van der Waals surface area contributed by atoms with Crippen LogP contribution < -0.4 is 15.0 Å². The molecule has 2 aliphatic carbocycles. The molecule has 6 aromatic rings. The zero-order chi connectivity index (χ0) is 31.7. The highest BCUT2D eigenvalue weighted by molar-refractivity contribution is 5.72. The molecule has 3 heteroatoms. The normalized spacial score (nSPS) is 24.2. The molecule has 0 saturated carbocycles. The zero-order valence-electron chi connectivity index (χ0n) is 26.4. The summed E-state index contributed by atoms with van der Waals surface area (Å²) >= 11 is 0. The predicted molar refractivity (Wildman–Crippen MR) is 193 cm³/mol. The largest absolute Gasteiger partial charge is 0.457 e. The molecule has 0 amide bonds. The van der Waals surface area contributed by atoms with Gasteiger partial charge in [0.25, 0.3) is 0 Å². The Bertz CT molecular complexity index is 2240. The molecule has 5 atom stereocenters. The van der Waals surface area contributed by atoms with E-state index in [1.807, 2.05) is 0 Å². The first-order valence-electron chi connectivity index (χ1n) is 16.9. The van der Waals surface area contributed by atoms with Crippen molar-refractivity contribution < 1.29 is 4.74 Å². The van der Waals surface area contributed by atoms with Crippen LogP contribution in [0.4, 0.5) is 5.69 Å². The lowest BCUT2D eigenvalue weighted by atomic mass is 9.61. The Morgan fingerprint density at radius 3 is 2.06 bits per heavy atom. The summed E-state index contributed by atoms with van der Waals surface area (Å²) < 4.78 is 6.74. The average Bonchev–Trinajstić information content (AvgIpc) is 3.43. The van der Waals surface area contributed by atoms with Crippen molar-refractivity contribution in [1.82, 2.24) is 5.32 Å². The number of benzene rings is 6.